The number of aliphatic hydroxyl groups excluding tert-OH is 1. The number of aromatic nitrogens is 1. The van der Waals surface area contributed by atoms with Crippen molar-refractivity contribution in [1.29, 1.82) is 0 Å². The highest BCUT2D eigenvalue weighted by Gasteiger charge is 2.25. The SMILES string of the molecule is CCNCc1nc(C)ccc1OC1CCCCC1O. The van der Waals surface area contributed by atoms with Crippen LogP contribution in [0.2, 0.25) is 0 Å². The fraction of sp³-hybridized carbons (Fsp3) is 0.667. The Kier molecular flexibility index (Phi) is 5.16. The minimum atomic E-state index is -0.345. The van der Waals surface area contributed by atoms with E-state index >= 15 is 0 Å². The molecule has 1 aliphatic carbocycles. The molecule has 19 heavy (non-hydrogen) atoms. The van der Waals surface area contributed by atoms with Gasteiger partial charge in [-0.1, -0.05) is 13.3 Å². The predicted molar refractivity (Wildman–Crippen MR) is 75.2 cm³/mol. The molecule has 1 aromatic heterocycles. The molecule has 0 bridgehead atoms. The van der Waals surface area contributed by atoms with Gasteiger partial charge in [0.2, 0.25) is 0 Å². The van der Waals surface area contributed by atoms with Crippen LogP contribution < -0.4 is 10.1 Å². The fourth-order valence-electron chi connectivity index (χ4n) is 2.45. The van der Waals surface area contributed by atoms with Gasteiger partial charge >= 0.3 is 0 Å². The number of hydrogen-bond acceptors (Lipinski definition) is 4. The molecule has 4 nitrogen and oxygen atoms in total. The highest BCUT2D eigenvalue weighted by molar-refractivity contribution is 5.29. The first kappa shape index (κ1) is 14.3. The van der Waals surface area contributed by atoms with Crippen LogP contribution in [-0.2, 0) is 6.54 Å². The molecule has 1 fully saturated rings. The van der Waals surface area contributed by atoms with Crippen LogP contribution in [0.5, 0.6) is 5.75 Å². The van der Waals surface area contributed by atoms with Crippen LogP contribution in [0.3, 0.4) is 0 Å². The van der Waals surface area contributed by atoms with E-state index in [0.29, 0.717) is 6.54 Å². The van der Waals surface area contributed by atoms with E-state index in [1.54, 1.807) is 0 Å². The van der Waals surface area contributed by atoms with Crippen molar-refractivity contribution in [3.8, 4) is 5.75 Å². The second-order valence-corrected chi connectivity index (χ2v) is 5.19. The lowest BCUT2D eigenvalue weighted by Crippen LogP contribution is -2.35. The quantitative estimate of drug-likeness (QED) is 0.856. The molecule has 1 heterocycles. The smallest absolute Gasteiger partial charge is 0.142 e. The van der Waals surface area contributed by atoms with Crippen LogP contribution in [-0.4, -0.2) is 28.8 Å². The average molecular weight is 264 g/mol. The van der Waals surface area contributed by atoms with Crippen LogP contribution in [0.1, 0.15) is 44.0 Å². The maximum Gasteiger partial charge on any atom is 0.142 e. The topological polar surface area (TPSA) is 54.4 Å². The van der Waals surface area contributed by atoms with Gasteiger partial charge in [0.05, 0.1) is 11.8 Å². The van der Waals surface area contributed by atoms with Crippen molar-refractivity contribution in [2.24, 2.45) is 0 Å². The summed E-state index contributed by atoms with van der Waals surface area (Å²) in [5, 5.41) is 13.3. The summed E-state index contributed by atoms with van der Waals surface area (Å²) < 4.78 is 6.00. The van der Waals surface area contributed by atoms with Gasteiger partial charge < -0.3 is 15.2 Å². The standard InChI is InChI=1S/C15H24N2O2/c1-3-16-10-12-14(9-8-11(2)17-12)19-15-7-5-4-6-13(15)18/h8-9,13,15-16,18H,3-7,10H2,1-2H3. The maximum absolute atomic E-state index is 9.99. The summed E-state index contributed by atoms with van der Waals surface area (Å²) in [6, 6.07) is 3.93. The lowest BCUT2D eigenvalue weighted by atomic mass is 9.95. The number of aryl methyl sites for hydroxylation is 1. The minimum Gasteiger partial charge on any atom is -0.486 e. The van der Waals surface area contributed by atoms with Crippen LogP contribution in [0.15, 0.2) is 12.1 Å². The Balaban J connectivity index is 2.09. The first-order chi connectivity index (χ1) is 9.20. The molecule has 4 heteroatoms. The molecule has 2 rings (SSSR count). The van der Waals surface area contributed by atoms with Crippen molar-refractivity contribution in [1.82, 2.24) is 10.3 Å². The van der Waals surface area contributed by atoms with E-state index in [1.807, 2.05) is 19.1 Å². The highest BCUT2D eigenvalue weighted by atomic mass is 16.5. The zero-order chi connectivity index (χ0) is 13.7. The zero-order valence-electron chi connectivity index (χ0n) is 11.9. The molecule has 0 radical (unpaired) electrons. The normalized spacial score (nSPS) is 23.3. The van der Waals surface area contributed by atoms with E-state index in [9.17, 15) is 5.11 Å². The molecule has 0 aliphatic heterocycles. The first-order valence-electron chi connectivity index (χ1n) is 7.22. The Bertz CT molecular complexity index is 409. The molecule has 0 amide bonds. The fourth-order valence-corrected chi connectivity index (χ4v) is 2.45. The maximum atomic E-state index is 9.99. The number of nitrogens with zero attached hydrogens (tertiary/aromatic N) is 1. The van der Waals surface area contributed by atoms with Gasteiger partial charge in [-0.15, -0.1) is 0 Å². The van der Waals surface area contributed by atoms with Gasteiger partial charge in [0.15, 0.2) is 0 Å². The van der Waals surface area contributed by atoms with Gasteiger partial charge in [-0.25, -0.2) is 0 Å². The molecule has 1 aliphatic rings. The number of hydrogen-bond donors (Lipinski definition) is 2. The molecule has 0 saturated heterocycles. The van der Waals surface area contributed by atoms with Crippen molar-refractivity contribution in [3.63, 3.8) is 0 Å². The summed E-state index contributed by atoms with van der Waals surface area (Å²) in [5.41, 5.74) is 1.92. The summed E-state index contributed by atoms with van der Waals surface area (Å²) in [5.74, 6) is 0.803. The van der Waals surface area contributed by atoms with E-state index in [0.717, 1.165) is 49.4 Å². The first-order valence-corrected chi connectivity index (χ1v) is 7.22. The molecular weight excluding hydrogens is 240 g/mol. The lowest BCUT2D eigenvalue weighted by molar-refractivity contribution is 0.00611. The molecule has 2 atom stereocenters. The van der Waals surface area contributed by atoms with E-state index in [1.165, 1.54) is 0 Å². The average Bonchev–Trinajstić information content (AvgIpc) is 2.41. The lowest BCUT2D eigenvalue weighted by Gasteiger charge is -2.28. The summed E-state index contributed by atoms with van der Waals surface area (Å²) in [7, 11) is 0. The van der Waals surface area contributed by atoms with Crippen molar-refractivity contribution < 1.29 is 9.84 Å². The zero-order valence-corrected chi connectivity index (χ0v) is 11.9. The molecule has 1 aromatic rings. The Morgan fingerprint density at radius 1 is 1.37 bits per heavy atom. The van der Waals surface area contributed by atoms with Gasteiger partial charge in [0.25, 0.3) is 0 Å². The Hall–Kier alpha value is -1.13. The predicted octanol–water partition coefficient (Wildman–Crippen LogP) is 2.18. The van der Waals surface area contributed by atoms with Gasteiger partial charge in [-0.3, -0.25) is 4.98 Å². The van der Waals surface area contributed by atoms with Crippen molar-refractivity contribution >= 4 is 0 Å². The van der Waals surface area contributed by atoms with E-state index in [-0.39, 0.29) is 12.2 Å². The largest absolute Gasteiger partial charge is 0.486 e. The number of aliphatic hydroxyl groups is 1. The third-order valence-corrected chi connectivity index (χ3v) is 3.56. The van der Waals surface area contributed by atoms with Crippen molar-refractivity contribution in [3.05, 3.63) is 23.5 Å². The third-order valence-electron chi connectivity index (χ3n) is 3.56. The van der Waals surface area contributed by atoms with Crippen LogP contribution in [0.4, 0.5) is 0 Å². The second kappa shape index (κ2) is 6.87. The van der Waals surface area contributed by atoms with Gasteiger partial charge in [-0.05, 0) is 44.9 Å². The molecule has 0 aromatic carbocycles. The van der Waals surface area contributed by atoms with Crippen molar-refractivity contribution in [2.75, 3.05) is 6.54 Å². The number of nitrogens with one attached hydrogen (secondary N) is 1. The number of pyridine rings is 1. The highest BCUT2D eigenvalue weighted by Crippen LogP contribution is 2.25. The molecule has 106 valence electrons. The molecule has 1 saturated carbocycles. The summed E-state index contributed by atoms with van der Waals surface area (Å²) in [4.78, 5) is 4.53. The molecule has 2 N–H and O–H groups in total. The molecule has 2 unspecified atom stereocenters. The summed E-state index contributed by atoms with van der Waals surface area (Å²) in [6.45, 7) is 5.66. The van der Waals surface area contributed by atoms with Gasteiger partial charge in [-0.2, -0.15) is 0 Å². The van der Waals surface area contributed by atoms with Crippen molar-refractivity contribution in [2.45, 2.75) is 58.3 Å². The summed E-state index contributed by atoms with van der Waals surface area (Å²) >= 11 is 0. The van der Waals surface area contributed by atoms with E-state index in [4.69, 9.17) is 4.74 Å². The minimum absolute atomic E-state index is 0.0846. The van der Waals surface area contributed by atoms with Crippen LogP contribution in [0.25, 0.3) is 0 Å². The van der Waals surface area contributed by atoms with E-state index < -0.39 is 0 Å². The van der Waals surface area contributed by atoms with E-state index in [2.05, 4.69) is 17.2 Å². The Labute approximate surface area is 115 Å². The number of ether oxygens (including phenoxy) is 1. The second-order valence-electron chi connectivity index (χ2n) is 5.19. The number of rotatable bonds is 5. The molecule has 0 spiro atoms. The monoisotopic (exact) mass is 264 g/mol. The van der Waals surface area contributed by atoms with Gasteiger partial charge in [0, 0.05) is 12.2 Å². The van der Waals surface area contributed by atoms with Crippen LogP contribution in [0, 0.1) is 6.92 Å². The third kappa shape index (κ3) is 3.91. The van der Waals surface area contributed by atoms with Crippen LogP contribution >= 0.6 is 0 Å². The molecular formula is C15H24N2O2. The Morgan fingerprint density at radius 3 is 2.89 bits per heavy atom. The summed E-state index contributed by atoms with van der Waals surface area (Å²) in [6.07, 6.45) is 3.56. The van der Waals surface area contributed by atoms with Gasteiger partial charge in [0.1, 0.15) is 11.9 Å². The Morgan fingerprint density at radius 2 is 2.16 bits per heavy atom.